The van der Waals surface area contributed by atoms with E-state index in [1.165, 1.54) is 19.4 Å². The summed E-state index contributed by atoms with van der Waals surface area (Å²) in [6, 6.07) is 0. The van der Waals surface area contributed by atoms with Crippen LogP contribution in [0.25, 0.3) is 0 Å². The Morgan fingerprint density at radius 3 is 2.81 bits per heavy atom. The van der Waals surface area contributed by atoms with Gasteiger partial charge in [-0.3, -0.25) is 4.79 Å². The number of hydrogen-bond acceptors (Lipinski definition) is 3. The molecule has 0 aromatic carbocycles. The molecule has 2 saturated heterocycles. The van der Waals surface area contributed by atoms with Crippen molar-refractivity contribution in [3.63, 3.8) is 0 Å². The quantitative estimate of drug-likeness (QED) is 0.784. The van der Waals surface area contributed by atoms with E-state index in [2.05, 4.69) is 11.9 Å². The molecule has 0 radical (unpaired) electrons. The molecule has 0 aromatic heterocycles. The average molecular weight is 227 g/mol. The Balaban J connectivity index is 1.94. The summed E-state index contributed by atoms with van der Waals surface area (Å²) in [6.45, 7) is 3.80. The number of carbonyl (C=O) groups is 1. The second-order valence-electron chi connectivity index (χ2n) is 5.35. The predicted molar refractivity (Wildman–Crippen MR) is 60.3 cm³/mol. The maximum atomic E-state index is 10.7. The zero-order valence-electron chi connectivity index (χ0n) is 9.95. The molecule has 2 heterocycles. The van der Waals surface area contributed by atoms with Gasteiger partial charge in [0.05, 0.1) is 13.2 Å². The second kappa shape index (κ2) is 4.72. The van der Waals surface area contributed by atoms with Crippen molar-refractivity contribution in [1.82, 2.24) is 4.90 Å². The molecule has 0 aliphatic carbocycles. The predicted octanol–water partition coefficient (Wildman–Crippen LogP) is 1.21. The van der Waals surface area contributed by atoms with Gasteiger partial charge in [0.25, 0.3) is 0 Å². The minimum Gasteiger partial charge on any atom is -0.481 e. The van der Waals surface area contributed by atoms with Crippen LogP contribution in [-0.2, 0) is 9.53 Å². The molecule has 1 unspecified atom stereocenters. The number of rotatable bonds is 4. The summed E-state index contributed by atoms with van der Waals surface area (Å²) in [5.41, 5.74) is 0.160. The number of piperidine rings is 1. The van der Waals surface area contributed by atoms with Crippen LogP contribution < -0.4 is 0 Å². The van der Waals surface area contributed by atoms with Gasteiger partial charge >= 0.3 is 5.97 Å². The average Bonchev–Trinajstić information content (AvgIpc) is 2.15. The van der Waals surface area contributed by atoms with Gasteiger partial charge in [-0.15, -0.1) is 0 Å². The van der Waals surface area contributed by atoms with E-state index in [-0.39, 0.29) is 11.8 Å². The summed E-state index contributed by atoms with van der Waals surface area (Å²) in [4.78, 5) is 13.0. The molecule has 2 rings (SSSR count). The Bertz CT molecular complexity index is 263. The lowest BCUT2D eigenvalue weighted by atomic mass is 9.67. The van der Waals surface area contributed by atoms with Crippen molar-refractivity contribution < 1.29 is 14.6 Å². The molecule has 16 heavy (non-hydrogen) atoms. The van der Waals surface area contributed by atoms with Crippen molar-refractivity contribution in [3.05, 3.63) is 0 Å². The number of ether oxygens (including phenoxy) is 1. The van der Waals surface area contributed by atoms with E-state index in [4.69, 9.17) is 9.84 Å². The zero-order valence-corrected chi connectivity index (χ0v) is 9.95. The van der Waals surface area contributed by atoms with Crippen LogP contribution in [-0.4, -0.2) is 49.3 Å². The fourth-order valence-electron chi connectivity index (χ4n) is 2.97. The van der Waals surface area contributed by atoms with Crippen molar-refractivity contribution in [2.24, 2.45) is 11.3 Å². The molecule has 4 heteroatoms. The Hall–Kier alpha value is -0.610. The summed E-state index contributed by atoms with van der Waals surface area (Å²) in [5, 5.41) is 8.80. The monoisotopic (exact) mass is 227 g/mol. The van der Waals surface area contributed by atoms with Crippen LogP contribution in [0.15, 0.2) is 0 Å². The largest absolute Gasteiger partial charge is 0.481 e. The smallest absolute Gasteiger partial charge is 0.303 e. The van der Waals surface area contributed by atoms with Crippen molar-refractivity contribution in [2.45, 2.75) is 25.7 Å². The SMILES string of the molecule is CN1CCCC(C2(CCC(=O)O)COC2)C1. The lowest BCUT2D eigenvalue weighted by Crippen LogP contribution is -2.53. The van der Waals surface area contributed by atoms with E-state index in [0.717, 1.165) is 26.2 Å². The molecule has 0 amide bonds. The lowest BCUT2D eigenvalue weighted by Gasteiger charge is -2.50. The van der Waals surface area contributed by atoms with Crippen molar-refractivity contribution in [1.29, 1.82) is 0 Å². The molecule has 0 spiro atoms. The molecule has 92 valence electrons. The molecule has 1 N–H and O–H groups in total. The summed E-state index contributed by atoms with van der Waals surface area (Å²) in [5.74, 6) is -0.0604. The van der Waals surface area contributed by atoms with Crippen LogP contribution in [0.5, 0.6) is 0 Å². The molecule has 2 aliphatic heterocycles. The number of nitrogens with zero attached hydrogens (tertiary/aromatic N) is 1. The van der Waals surface area contributed by atoms with Crippen LogP contribution in [0.2, 0.25) is 0 Å². The summed E-state index contributed by atoms with van der Waals surface area (Å²) in [7, 11) is 2.15. The Kier molecular flexibility index (Phi) is 3.50. The molecule has 4 nitrogen and oxygen atoms in total. The van der Waals surface area contributed by atoms with Gasteiger partial charge < -0.3 is 14.7 Å². The fraction of sp³-hybridized carbons (Fsp3) is 0.917. The third-order valence-corrected chi connectivity index (χ3v) is 4.11. The first-order valence-corrected chi connectivity index (χ1v) is 6.10. The van der Waals surface area contributed by atoms with Gasteiger partial charge in [-0.1, -0.05) is 0 Å². The van der Waals surface area contributed by atoms with Gasteiger partial charge in [0.15, 0.2) is 0 Å². The van der Waals surface area contributed by atoms with Gasteiger partial charge in [-0.05, 0) is 38.8 Å². The van der Waals surface area contributed by atoms with E-state index in [0.29, 0.717) is 5.92 Å². The van der Waals surface area contributed by atoms with Crippen LogP contribution in [0, 0.1) is 11.3 Å². The second-order valence-corrected chi connectivity index (χ2v) is 5.35. The highest BCUT2D eigenvalue weighted by molar-refractivity contribution is 5.66. The van der Waals surface area contributed by atoms with Gasteiger partial charge in [-0.2, -0.15) is 0 Å². The summed E-state index contributed by atoms with van der Waals surface area (Å²) >= 11 is 0. The summed E-state index contributed by atoms with van der Waals surface area (Å²) in [6.07, 6.45) is 3.52. The maximum absolute atomic E-state index is 10.7. The Morgan fingerprint density at radius 2 is 2.31 bits per heavy atom. The van der Waals surface area contributed by atoms with Gasteiger partial charge in [0.1, 0.15) is 0 Å². The minimum absolute atomic E-state index is 0.160. The normalized spacial score (nSPS) is 29.7. The minimum atomic E-state index is -0.685. The van der Waals surface area contributed by atoms with E-state index in [1.54, 1.807) is 0 Å². The molecular weight excluding hydrogens is 206 g/mol. The van der Waals surface area contributed by atoms with Crippen molar-refractivity contribution in [2.75, 3.05) is 33.4 Å². The highest BCUT2D eigenvalue weighted by Gasteiger charge is 2.46. The van der Waals surface area contributed by atoms with Gasteiger partial charge in [-0.25, -0.2) is 0 Å². The van der Waals surface area contributed by atoms with Crippen molar-refractivity contribution >= 4 is 5.97 Å². The fourth-order valence-corrected chi connectivity index (χ4v) is 2.97. The van der Waals surface area contributed by atoms with Crippen molar-refractivity contribution in [3.8, 4) is 0 Å². The Labute approximate surface area is 96.6 Å². The van der Waals surface area contributed by atoms with Gasteiger partial charge in [0.2, 0.25) is 0 Å². The standard InChI is InChI=1S/C12H21NO3/c1-13-6-2-3-10(7-13)12(8-16-9-12)5-4-11(14)15/h10H,2-9H2,1H3,(H,14,15). The van der Waals surface area contributed by atoms with E-state index >= 15 is 0 Å². The lowest BCUT2D eigenvalue weighted by molar-refractivity contribution is -0.165. The molecule has 1 atom stereocenters. The van der Waals surface area contributed by atoms with Gasteiger partial charge in [0, 0.05) is 18.4 Å². The van der Waals surface area contributed by atoms with E-state index in [1.807, 2.05) is 0 Å². The number of carboxylic acids is 1. The first-order valence-electron chi connectivity index (χ1n) is 6.10. The highest BCUT2D eigenvalue weighted by atomic mass is 16.5. The van der Waals surface area contributed by atoms with Crippen LogP contribution in [0.1, 0.15) is 25.7 Å². The highest BCUT2D eigenvalue weighted by Crippen LogP contribution is 2.44. The molecule has 0 saturated carbocycles. The topological polar surface area (TPSA) is 49.8 Å². The number of hydrogen-bond donors (Lipinski definition) is 1. The van der Waals surface area contributed by atoms with Crippen LogP contribution in [0.3, 0.4) is 0 Å². The number of carboxylic acid groups (broad SMARTS) is 1. The van der Waals surface area contributed by atoms with E-state index < -0.39 is 5.97 Å². The molecule has 0 aromatic rings. The number of aliphatic carboxylic acids is 1. The first kappa shape index (κ1) is 11.9. The van der Waals surface area contributed by atoms with Crippen LogP contribution in [0.4, 0.5) is 0 Å². The third kappa shape index (κ3) is 2.38. The molecule has 2 fully saturated rings. The molecular formula is C12H21NO3. The van der Waals surface area contributed by atoms with Crippen LogP contribution >= 0.6 is 0 Å². The Morgan fingerprint density at radius 1 is 1.56 bits per heavy atom. The molecule has 2 aliphatic rings. The summed E-state index contributed by atoms with van der Waals surface area (Å²) < 4.78 is 5.35. The first-order chi connectivity index (χ1) is 7.62. The number of likely N-dealkylation sites (tertiary alicyclic amines) is 1. The maximum Gasteiger partial charge on any atom is 0.303 e. The molecule has 0 bridgehead atoms. The van der Waals surface area contributed by atoms with E-state index in [9.17, 15) is 4.79 Å². The zero-order chi connectivity index (χ0) is 11.6. The third-order valence-electron chi connectivity index (χ3n) is 4.11.